The topological polar surface area (TPSA) is 99.3 Å². The fourth-order valence-electron chi connectivity index (χ4n) is 2.10. The Hall–Kier alpha value is -1.59. The maximum atomic E-state index is 12.1. The van der Waals surface area contributed by atoms with E-state index in [4.69, 9.17) is 11.1 Å². The minimum atomic E-state index is -0.403. The molecule has 6 nitrogen and oxygen atoms in total. The normalized spacial score (nSPS) is 19.7. The standard InChI is InChI=1S/C12H22N4O2/c1-8(2)10(17)11(18)16-6-4-3-5-9(16)7-15-12(13)14/h8-9H,3-7H2,1-2H3,(H4,13,14,15). The second-order valence-corrected chi connectivity index (χ2v) is 4.96. The minimum absolute atomic E-state index is 0.0437. The number of nitrogens with two attached hydrogens (primary N) is 1. The molecule has 18 heavy (non-hydrogen) atoms. The predicted molar refractivity (Wildman–Crippen MR) is 69.1 cm³/mol. The van der Waals surface area contributed by atoms with E-state index in [0.29, 0.717) is 13.1 Å². The van der Waals surface area contributed by atoms with Gasteiger partial charge in [-0.2, -0.15) is 0 Å². The summed E-state index contributed by atoms with van der Waals surface area (Å²) in [6.07, 6.45) is 2.80. The SMILES string of the molecule is CC(C)C(=O)C(=O)N1CCCCC1CNC(=N)N. The second-order valence-electron chi connectivity index (χ2n) is 4.96. The van der Waals surface area contributed by atoms with Crippen LogP contribution in [0.15, 0.2) is 0 Å². The molecule has 0 aromatic rings. The lowest BCUT2D eigenvalue weighted by Gasteiger charge is -2.35. The highest BCUT2D eigenvalue weighted by molar-refractivity contribution is 6.36. The number of carbonyl (C=O) groups is 2. The van der Waals surface area contributed by atoms with Gasteiger partial charge in [-0.05, 0) is 19.3 Å². The van der Waals surface area contributed by atoms with Crippen molar-refractivity contribution in [2.75, 3.05) is 13.1 Å². The summed E-state index contributed by atoms with van der Waals surface area (Å²) < 4.78 is 0. The number of rotatable bonds is 4. The van der Waals surface area contributed by atoms with Gasteiger partial charge in [0.2, 0.25) is 5.78 Å². The minimum Gasteiger partial charge on any atom is -0.370 e. The first-order chi connectivity index (χ1) is 8.43. The van der Waals surface area contributed by atoms with E-state index in [1.165, 1.54) is 0 Å². The van der Waals surface area contributed by atoms with Crippen molar-refractivity contribution in [3.05, 3.63) is 0 Å². The Morgan fingerprint density at radius 3 is 2.67 bits per heavy atom. The van der Waals surface area contributed by atoms with Crippen LogP contribution in [0.3, 0.4) is 0 Å². The highest BCUT2D eigenvalue weighted by Crippen LogP contribution is 2.17. The maximum absolute atomic E-state index is 12.1. The van der Waals surface area contributed by atoms with Crippen molar-refractivity contribution >= 4 is 17.6 Å². The summed E-state index contributed by atoms with van der Waals surface area (Å²) in [6.45, 7) is 4.51. The quantitative estimate of drug-likeness (QED) is 0.376. The molecular formula is C12H22N4O2. The lowest BCUT2D eigenvalue weighted by molar-refractivity contribution is -0.148. The number of piperidine rings is 1. The Morgan fingerprint density at radius 2 is 2.11 bits per heavy atom. The lowest BCUT2D eigenvalue weighted by atomic mass is 9.99. The zero-order valence-corrected chi connectivity index (χ0v) is 11.0. The number of Topliss-reactive ketones (excluding diaryl/α,β-unsaturated/α-hetero) is 1. The summed E-state index contributed by atoms with van der Waals surface area (Å²) in [5.74, 6) is -1.13. The average Bonchev–Trinajstić information content (AvgIpc) is 2.34. The molecule has 1 unspecified atom stereocenters. The molecule has 0 aliphatic carbocycles. The summed E-state index contributed by atoms with van der Waals surface area (Å²) in [5, 5.41) is 9.86. The molecule has 1 amide bonds. The molecule has 4 N–H and O–H groups in total. The largest absolute Gasteiger partial charge is 0.370 e. The number of hydrogen-bond donors (Lipinski definition) is 3. The van der Waals surface area contributed by atoms with Crippen LogP contribution in [0.5, 0.6) is 0 Å². The highest BCUT2D eigenvalue weighted by Gasteiger charge is 2.31. The van der Waals surface area contributed by atoms with Crippen LogP contribution in [0.2, 0.25) is 0 Å². The number of hydrogen-bond acceptors (Lipinski definition) is 3. The monoisotopic (exact) mass is 254 g/mol. The molecule has 1 aliphatic heterocycles. The van der Waals surface area contributed by atoms with E-state index >= 15 is 0 Å². The Morgan fingerprint density at radius 1 is 1.44 bits per heavy atom. The number of carbonyl (C=O) groups excluding carboxylic acids is 2. The summed E-state index contributed by atoms with van der Waals surface area (Å²) in [5.41, 5.74) is 5.24. The van der Waals surface area contributed by atoms with E-state index < -0.39 is 5.91 Å². The third-order valence-corrected chi connectivity index (χ3v) is 3.15. The van der Waals surface area contributed by atoms with Gasteiger partial charge in [-0.25, -0.2) is 0 Å². The van der Waals surface area contributed by atoms with E-state index in [0.717, 1.165) is 19.3 Å². The molecule has 0 saturated carbocycles. The summed E-state index contributed by atoms with van der Waals surface area (Å²) in [7, 11) is 0. The van der Waals surface area contributed by atoms with Gasteiger partial charge < -0.3 is 16.0 Å². The number of ketones is 1. The van der Waals surface area contributed by atoms with Crippen LogP contribution in [-0.4, -0.2) is 41.7 Å². The highest BCUT2D eigenvalue weighted by atomic mass is 16.2. The third kappa shape index (κ3) is 3.72. The van der Waals surface area contributed by atoms with Gasteiger partial charge in [0, 0.05) is 25.0 Å². The predicted octanol–water partition coefficient (Wildman–Crippen LogP) is 0.0757. The van der Waals surface area contributed by atoms with E-state index in [1.807, 2.05) is 0 Å². The smallest absolute Gasteiger partial charge is 0.290 e. The van der Waals surface area contributed by atoms with Crippen LogP contribution in [0.1, 0.15) is 33.1 Å². The molecule has 1 atom stereocenters. The third-order valence-electron chi connectivity index (χ3n) is 3.15. The summed E-state index contributed by atoms with van der Waals surface area (Å²) in [6, 6.07) is -0.0437. The van der Waals surface area contributed by atoms with Crippen LogP contribution < -0.4 is 11.1 Å². The Bertz CT molecular complexity index is 341. The number of guanidine groups is 1. The van der Waals surface area contributed by atoms with Gasteiger partial charge in [0.05, 0.1) is 0 Å². The first-order valence-electron chi connectivity index (χ1n) is 6.36. The van der Waals surface area contributed by atoms with Gasteiger partial charge in [0.15, 0.2) is 5.96 Å². The number of likely N-dealkylation sites (tertiary alicyclic amines) is 1. The number of nitrogens with zero attached hydrogens (tertiary/aromatic N) is 1. The Balaban J connectivity index is 2.66. The molecule has 1 rings (SSSR count). The van der Waals surface area contributed by atoms with E-state index in [-0.39, 0.29) is 23.7 Å². The fourth-order valence-corrected chi connectivity index (χ4v) is 2.10. The van der Waals surface area contributed by atoms with E-state index in [2.05, 4.69) is 5.32 Å². The average molecular weight is 254 g/mol. The van der Waals surface area contributed by atoms with Gasteiger partial charge in [0.25, 0.3) is 5.91 Å². The summed E-state index contributed by atoms with van der Waals surface area (Å²) >= 11 is 0. The fraction of sp³-hybridized carbons (Fsp3) is 0.750. The van der Waals surface area contributed by atoms with E-state index in [1.54, 1.807) is 18.7 Å². The lowest BCUT2D eigenvalue weighted by Crippen LogP contribution is -2.52. The molecule has 6 heteroatoms. The van der Waals surface area contributed by atoms with Crippen LogP contribution in [0.4, 0.5) is 0 Å². The van der Waals surface area contributed by atoms with Crippen LogP contribution >= 0.6 is 0 Å². The first kappa shape index (κ1) is 14.5. The zero-order chi connectivity index (χ0) is 13.7. The first-order valence-corrected chi connectivity index (χ1v) is 6.36. The summed E-state index contributed by atoms with van der Waals surface area (Å²) in [4.78, 5) is 25.4. The van der Waals surface area contributed by atoms with Crippen molar-refractivity contribution in [2.24, 2.45) is 11.7 Å². The number of nitrogens with one attached hydrogen (secondary N) is 2. The van der Waals surface area contributed by atoms with Crippen LogP contribution in [0, 0.1) is 11.3 Å². The van der Waals surface area contributed by atoms with Crippen LogP contribution in [0.25, 0.3) is 0 Å². The van der Waals surface area contributed by atoms with Gasteiger partial charge in [-0.15, -0.1) is 0 Å². The van der Waals surface area contributed by atoms with Crippen LogP contribution in [-0.2, 0) is 9.59 Å². The molecule has 1 fully saturated rings. The molecular weight excluding hydrogens is 232 g/mol. The van der Waals surface area contributed by atoms with Crippen molar-refractivity contribution in [3.63, 3.8) is 0 Å². The van der Waals surface area contributed by atoms with Crippen molar-refractivity contribution in [2.45, 2.75) is 39.2 Å². The Labute approximate surface area is 107 Å². The number of amides is 1. The van der Waals surface area contributed by atoms with Crippen molar-refractivity contribution in [1.29, 1.82) is 5.41 Å². The molecule has 1 saturated heterocycles. The Kier molecular flexibility index (Phi) is 5.12. The zero-order valence-electron chi connectivity index (χ0n) is 11.0. The molecule has 0 spiro atoms. The van der Waals surface area contributed by atoms with Gasteiger partial charge in [0.1, 0.15) is 0 Å². The van der Waals surface area contributed by atoms with Gasteiger partial charge >= 0.3 is 0 Å². The molecule has 0 radical (unpaired) electrons. The molecule has 102 valence electrons. The molecule has 1 aliphatic rings. The van der Waals surface area contributed by atoms with Crippen molar-refractivity contribution < 1.29 is 9.59 Å². The molecule has 1 heterocycles. The second kappa shape index (κ2) is 6.37. The molecule has 0 aromatic heterocycles. The maximum Gasteiger partial charge on any atom is 0.290 e. The molecule has 0 aromatic carbocycles. The molecule has 0 bridgehead atoms. The van der Waals surface area contributed by atoms with Gasteiger partial charge in [-0.3, -0.25) is 15.0 Å². The van der Waals surface area contributed by atoms with Gasteiger partial charge in [-0.1, -0.05) is 13.8 Å². The van der Waals surface area contributed by atoms with E-state index in [9.17, 15) is 9.59 Å². The van der Waals surface area contributed by atoms with Crippen molar-refractivity contribution in [1.82, 2.24) is 10.2 Å². The van der Waals surface area contributed by atoms with Crippen molar-refractivity contribution in [3.8, 4) is 0 Å².